The molecule has 1 aromatic heterocycles. The molecule has 6 nitrogen and oxygen atoms in total. The molecule has 110 valence electrons. The summed E-state index contributed by atoms with van der Waals surface area (Å²) in [7, 11) is 1.52. The number of hydrogen-bond acceptors (Lipinski definition) is 3. The molecule has 1 saturated carbocycles. The fraction of sp³-hybridized carbons (Fsp3) is 0.538. The fourth-order valence-electron chi connectivity index (χ4n) is 2.05. The summed E-state index contributed by atoms with van der Waals surface area (Å²) in [6, 6.07) is 2.09. The normalized spacial score (nSPS) is 14.3. The third-order valence-corrected chi connectivity index (χ3v) is 3.59. The number of ether oxygens (including phenoxy) is 1. The van der Waals surface area contributed by atoms with Gasteiger partial charge in [0, 0.05) is 30.4 Å². The molecular formula is C13H17BrN2O4. The lowest BCUT2D eigenvalue weighted by Crippen LogP contribution is -2.38. The molecule has 0 atom stereocenters. The third-order valence-electron chi connectivity index (χ3n) is 3.15. The van der Waals surface area contributed by atoms with Gasteiger partial charge < -0.3 is 19.3 Å². The Morgan fingerprint density at radius 3 is 2.80 bits per heavy atom. The van der Waals surface area contributed by atoms with Crippen LogP contribution in [0.25, 0.3) is 0 Å². The Labute approximate surface area is 125 Å². The van der Waals surface area contributed by atoms with Gasteiger partial charge in [0.05, 0.1) is 6.61 Å². The molecular weight excluding hydrogens is 328 g/mol. The number of halogens is 1. The Morgan fingerprint density at radius 2 is 2.25 bits per heavy atom. The summed E-state index contributed by atoms with van der Waals surface area (Å²) in [5.41, 5.74) is 0.525. The van der Waals surface area contributed by atoms with Crippen LogP contribution in [-0.4, -0.2) is 53.3 Å². The second-order valence-corrected chi connectivity index (χ2v) is 5.71. The van der Waals surface area contributed by atoms with Gasteiger partial charge in [-0.05, 0) is 34.8 Å². The minimum Gasteiger partial charge on any atom is -0.480 e. The van der Waals surface area contributed by atoms with Gasteiger partial charge in [0.15, 0.2) is 0 Å². The predicted molar refractivity (Wildman–Crippen MR) is 75.8 cm³/mol. The van der Waals surface area contributed by atoms with E-state index in [4.69, 9.17) is 9.84 Å². The molecule has 1 fully saturated rings. The van der Waals surface area contributed by atoms with Gasteiger partial charge in [0.2, 0.25) is 0 Å². The van der Waals surface area contributed by atoms with Crippen LogP contribution in [0.1, 0.15) is 29.4 Å². The number of carbonyl (C=O) groups excluding carboxylic acids is 1. The quantitative estimate of drug-likeness (QED) is 0.817. The van der Waals surface area contributed by atoms with E-state index >= 15 is 0 Å². The van der Waals surface area contributed by atoms with E-state index in [-0.39, 0.29) is 19.0 Å². The van der Waals surface area contributed by atoms with Crippen LogP contribution in [0.4, 0.5) is 0 Å². The SMILES string of the molecule is COCCN(CC(=O)O)C(=O)c1cc(Br)cn1C1CC1. The Hall–Kier alpha value is -1.34. The van der Waals surface area contributed by atoms with Crippen molar-refractivity contribution in [3.05, 3.63) is 22.4 Å². The summed E-state index contributed by atoms with van der Waals surface area (Å²) in [6.45, 7) is 0.245. The number of methoxy groups -OCH3 is 1. The topological polar surface area (TPSA) is 71.8 Å². The van der Waals surface area contributed by atoms with Crippen molar-refractivity contribution in [3.8, 4) is 0 Å². The Kier molecular flexibility index (Phi) is 4.82. The van der Waals surface area contributed by atoms with Gasteiger partial charge in [-0.2, -0.15) is 0 Å². The van der Waals surface area contributed by atoms with E-state index in [2.05, 4.69) is 15.9 Å². The summed E-state index contributed by atoms with van der Waals surface area (Å²) in [5.74, 6) is -1.31. The maximum absolute atomic E-state index is 12.5. The minimum absolute atomic E-state index is 0.259. The molecule has 2 rings (SSSR count). The molecule has 1 N–H and O–H groups in total. The highest BCUT2D eigenvalue weighted by molar-refractivity contribution is 9.10. The molecule has 1 aliphatic carbocycles. The zero-order valence-electron chi connectivity index (χ0n) is 11.2. The molecule has 1 heterocycles. The molecule has 0 radical (unpaired) electrons. The number of carboxylic acid groups (broad SMARTS) is 1. The molecule has 0 unspecified atom stereocenters. The lowest BCUT2D eigenvalue weighted by molar-refractivity contribution is -0.137. The van der Waals surface area contributed by atoms with E-state index in [0.717, 1.165) is 17.3 Å². The minimum atomic E-state index is -1.03. The highest BCUT2D eigenvalue weighted by Gasteiger charge is 2.30. The third kappa shape index (κ3) is 3.61. The van der Waals surface area contributed by atoms with Crippen molar-refractivity contribution >= 4 is 27.8 Å². The molecule has 0 bridgehead atoms. The van der Waals surface area contributed by atoms with Gasteiger partial charge in [-0.15, -0.1) is 0 Å². The van der Waals surface area contributed by atoms with E-state index < -0.39 is 5.97 Å². The monoisotopic (exact) mass is 344 g/mol. The fourth-order valence-corrected chi connectivity index (χ4v) is 2.49. The van der Waals surface area contributed by atoms with Crippen LogP contribution in [0, 0.1) is 0 Å². The number of aliphatic carboxylic acids is 1. The first-order chi connectivity index (χ1) is 9.52. The van der Waals surface area contributed by atoms with Gasteiger partial charge in [0.1, 0.15) is 12.2 Å². The molecule has 20 heavy (non-hydrogen) atoms. The average molecular weight is 345 g/mol. The summed E-state index contributed by atoms with van der Waals surface area (Å²) in [4.78, 5) is 24.7. The van der Waals surface area contributed by atoms with Gasteiger partial charge in [0.25, 0.3) is 5.91 Å². The van der Waals surface area contributed by atoms with Crippen molar-refractivity contribution in [1.82, 2.24) is 9.47 Å². The van der Waals surface area contributed by atoms with Crippen molar-refractivity contribution in [3.63, 3.8) is 0 Å². The van der Waals surface area contributed by atoms with Crippen LogP contribution in [-0.2, 0) is 9.53 Å². The summed E-state index contributed by atoms with van der Waals surface area (Å²) in [6.07, 6.45) is 3.98. The molecule has 0 aromatic carbocycles. The molecule has 0 spiro atoms. The average Bonchev–Trinajstić information content (AvgIpc) is 3.16. The van der Waals surface area contributed by atoms with Crippen molar-refractivity contribution in [1.29, 1.82) is 0 Å². The maximum Gasteiger partial charge on any atom is 0.323 e. The highest BCUT2D eigenvalue weighted by Crippen LogP contribution is 2.37. The lowest BCUT2D eigenvalue weighted by Gasteiger charge is -2.21. The van der Waals surface area contributed by atoms with Crippen LogP contribution in [0.3, 0.4) is 0 Å². The summed E-state index contributed by atoms with van der Waals surface area (Å²) in [5, 5.41) is 8.92. The van der Waals surface area contributed by atoms with Crippen LogP contribution >= 0.6 is 15.9 Å². The van der Waals surface area contributed by atoms with E-state index in [0.29, 0.717) is 18.3 Å². The van der Waals surface area contributed by atoms with Crippen LogP contribution in [0.15, 0.2) is 16.7 Å². The van der Waals surface area contributed by atoms with Crippen molar-refractivity contribution < 1.29 is 19.4 Å². The van der Waals surface area contributed by atoms with E-state index in [1.165, 1.54) is 12.0 Å². The Morgan fingerprint density at radius 1 is 1.55 bits per heavy atom. The summed E-state index contributed by atoms with van der Waals surface area (Å²) >= 11 is 3.37. The number of carboxylic acids is 1. The second-order valence-electron chi connectivity index (χ2n) is 4.80. The number of amides is 1. The van der Waals surface area contributed by atoms with Crippen molar-refractivity contribution in [2.45, 2.75) is 18.9 Å². The number of rotatable bonds is 7. The molecule has 0 aliphatic heterocycles. The van der Waals surface area contributed by atoms with E-state index in [1.807, 2.05) is 10.8 Å². The second kappa shape index (κ2) is 6.41. The van der Waals surface area contributed by atoms with Gasteiger partial charge in [-0.1, -0.05) is 0 Å². The molecule has 1 aromatic rings. The first-order valence-corrected chi connectivity index (χ1v) is 7.19. The maximum atomic E-state index is 12.5. The van der Waals surface area contributed by atoms with Crippen LogP contribution in [0.2, 0.25) is 0 Å². The summed E-state index contributed by atoms with van der Waals surface area (Å²) < 4.78 is 7.69. The number of hydrogen-bond donors (Lipinski definition) is 1. The Balaban J connectivity index is 2.19. The molecule has 1 aliphatic rings. The van der Waals surface area contributed by atoms with Crippen molar-refractivity contribution in [2.75, 3.05) is 26.8 Å². The molecule has 0 saturated heterocycles. The first-order valence-electron chi connectivity index (χ1n) is 6.40. The smallest absolute Gasteiger partial charge is 0.323 e. The van der Waals surface area contributed by atoms with Crippen LogP contribution in [0.5, 0.6) is 0 Å². The number of carbonyl (C=O) groups is 2. The standard InChI is InChI=1S/C13H17BrN2O4/c1-20-5-4-15(8-12(17)18)13(19)11-6-9(14)7-16(11)10-2-3-10/h6-7,10H,2-5,8H2,1H3,(H,17,18). The Bertz CT molecular complexity index is 510. The largest absolute Gasteiger partial charge is 0.480 e. The predicted octanol–water partition coefficient (Wildman–Crippen LogP) is 1.76. The highest BCUT2D eigenvalue weighted by atomic mass is 79.9. The van der Waals surface area contributed by atoms with Crippen molar-refractivity contribution in [2.24, 2.45) is 0 Å². The number of nitrogens with zero attached hydrogens (tertiary/aromatic N) is 2. The van der Waals surface area contributed by atoms with Gasteiger partial charge >= 0.3 is 5.97 Å². The molecule has 1 amide bonds. The van der Waals surface area contributed by atoms with Gasteiger partial charge in [-0.3, -0.25) is 9.59 Å². The zero-order chi connectivity index (χ0) is 14.7. The first kappa shape index (κ1) is 15.1. The van der Waals surface area contributed by atoms with E-state index in [1.54, 1.807) is 6.07 Å². The van der Waals surface area contributed by atoms with Crippen LogP contribution < -0.4 is 0 Å². The van der Waals surface area contributed by atoms with E-state index in [9.17, 15) is 9.59 Å². The number of aromatic nitrogens is 1. The van der Waals surface area contributed by atoms with Gasteiger partial charge in [-0.25, -0.2) is 0 Å². The molecule has 7 heteroatoms. The lowest BCUT2D eigenvalue weighted by atomic mass is 10.3. The zero-order valence-corrected chi connectivity index (χ0v) is 12.8.